The Hall–Kier alpha value is -2.55. The summed E-state index contributed by atoms with van der Waals surface area (Å²) in [6, 6.07) is 16.4. The molecule has 3 heteroatoms. The summed E-state index contributed by atoms with van der Waals surface area (Å²) in [4.78, 5) is 13.9. The van der Waals surface area contributed by atoms with Crippen molar-refractivity contribution < 1.29 is 9.53 Å². The number of carbonyl (C=O) groups is 1. The van der Waals surface area contributed by atoms with Gasteiger partial charge < -0.3 is 9.64 Å². The third-order valence-corrected chi connectivity index (χ3v) is 4.18. The van der Waals surface area contributed by atoms with E-state index in [1.54, 1.807) is 7.11 Å². The highest BCUT2D eigenvalue weighted by Crippen LogP contribution is 2.35. The minimum Gasteiger partial charge on any atom is -0.497 e. The van der Waals surface area contributed by atoms with Gasteiger partial charge in [-0.2, -0.15) is 0 Å². The highest BCUT2D eigenvalue weighted by atomic mass is 16.5. The maximum atomic E-state index is 12.1. The van der Waals surface area contributed by atoms with Gasteiger partial charge in [0.2, 0.25) is 5.91 Å². The number of fused-ring (bicyclic) bond motifs is 1. The molecule has 0 spiro atoms. The highest BCUT2D eigenvalue weighted by Gasteiger charge is 2.28. The first-order valence-corrected chi connectivity index (χ1v) is 7.36. The van der Waals surface area contributed by atoms with E-state index in [1.165, 1.54) is 17.2 Å². The Balaban J connectivity index is 2.07. The fraction of sp³-hybridized carbons (Fsp3) is 0.211. The fourth-order valence-corrected chi connectivity index (χ4v) is 3.02. The third-order valence-electron chi connectivity index (χ3n) is 4.18. The van der Waals surface area contributed by atoms with Gasteiger partial charge in [-0.1, -0.05) is 43.0 Å². The van der Waals surface area contributed by atoms with Gasteiger partial charge in [0, 0.05) is 19.0 Å². The van der Waals surface area contributed by atoms with Crippen molar-refractivity contribution in [1.29, 1.82) is 0 Å². The molecule has 22 heavy (non-hydrogen) atoms. The average Bonchev–Trinajstić information content (AvgIpc) is 2.60. The van der Waals surface area contributed by atoms with Gasteiger partial charge in [-0.25, -0.2) is 0 Å². The van der Waals surface area contributed by atoms with Gasteiger partial charge in [-0.3, -0.25) is 4.79 Å². The van der Waals surface area contributed by atoms with Crippen molar-refractivity contribution in [3.63, 3.8) is 0 Å². The first kappa shape index (κ1) is 14.4. The van der Waals surface area contributed by atoms with Gasteiger partial charge >= 0.3 is 0 Å². The topological polar surface area (TPSA) is 29.5 Å². The van der Waals surface area contributed by atoms with Gasteiger partial charge in [-0.15, -0.1) is 0 Å². The van der Waals surface area contributed by atoms with Crippen LogP contribution in [0.5, 0.6) is 5.75 Å². The predicted molar refractivity (Wildman–Crippen MR) is 86.9 cm³/mol. The van der Waals surface area contributed by atoms with Crippen LogP contribution in [0.3, 0.4) is 0 Å². The second kappa shape index (κ2) is 6.06. The maximum Gasteiger partial charge on any atom is 0.246 e. The summed E-state index contributed by atoms with van der Waals surface area (Å²) >= 11 is 0. The molecular formula is C19H19NO2. The Morgan fingerprint density at radius 3 is 2.73 bits per heavy atom. The van der Waals surface area contributed by atoms with Crippen molar-refractivity contribution in [2.75, 3.05) is 13.7 Å². The Morgan fingerprint density at radius 2 is 2.05 bits per heavy atom. The Kier molecular flexibility index (Phi) is 3.96. The summed E-state index contributed by atoms with van der Waals surface area (Å²) in [7, 11) is 1.68. The second-order valence-corrected chi connectivity index (χ2v) is 5.45. The van der Waals surface area contributed by atoms with Gasteiger partial charge in [0.05, 0.1) is 7.11 Å². The van der Waals surface area contributed by atoms with E-state index in [4.69, 9.17) is 4.74 Å². The molecule has 0 fully saturated rings. The lowest BCUT2D eigenvalue weighted by Gasteiger charge is -2.34. The van der Waals surface area contributed by atoms with Crippen LogP contribution in [-0.2, 0) is 11.3 Å². The van der Waals surface area contributed by atoms with Crippen LogP contribution in [0.1, 0.15) is 22.6 Å². The number of amides is 1. The molecule has 0 aromatic heterocycles. The van der Waals surface area contributed by atoms with Crippen molar-refractivity contribution in [2.24, 2.45) is 0 Å². The van der Waals surface area contributed by atoms with Crippen LogP contribution in [0.15, 0.2) is 61.2 Å². The summed E-state index contributed by atoms with van der Waals surface area (Å²) in [5, 5.41) is 0. The number of hydrogen-bond acceptors (Lipinski definition) is 2. The first-order valence-electron chi connectivity index (χ1n) is 7.36. The zero-order chi connectivity index (χ0) is 15.5. The molecule has 112 valence electrons. The van der Waals surface area contributed by atoms with Crippen molar-refractivity contribution in [3.05, 3.63) is 77.9 Å². The minimum absolute atomic E-state index is 0.0256. The largest absolute Gasteiger partial charge is 0.497 e. The number of benzene rings is 2. The van der Waals surface area contributed by atoms with E-state index >= 15 is 0 Å². The molecule has 1 aliphatic heterocycles. The summed E-state index contributed by atoms with van der Waals surface area (Å²) in [5.41, 5.74) is 3.60. The molecule has 1 heterocycles. The Morgan fingerprint density at radius 1 is 1.27 bits per heavy atom. The fourth-order valence-electron chi connectivity index (χ4n) is 3.02. The number of carbonyl (C=O) groups excluding carboxylic acids is 1. The number of hydrogen-bond donors (Lipinski definition) is 0. The monoisotopic (exact) mass is 293 g/mol. The van der Waals surface area contributed by atoms with Gasteiger partial charge in [0.15, 0.2) is 0 Å². The van der Waals surface area contributed by atoms with Gasteiger partial charge in [-0.05, 0) is 34.9 Å². The van der Waals surface area contributed by atoms with Crippen molar-refractivity contribution in [1.82, 2.24) is 4.90 Å². The molecule has 0 saturated carbocycles. The van der Waals surface area contributed by atoms with Gasteiger partial charge in [0.25, 0.3) is 0 Å². The Bertz CT molecular complexity index is 694. The molecule has 0 unspecified atom stereocenters. The lowest BCUT2D eigenvalue weighted by molar-refractivity contribution is -0.127. The molecule has 2 aromatic rings. The molecule has 0 saturated heterocycles. The summed E-state index contributed by atoms with van der Waals surface area (Å²) < 4.78 is 5.36. The van der Waals surface area contributed by atoms with Crippen LogP contribution in [-0.4, -0.2) is 24.5 Å². The van der Waals surface area contributed by atoms with Crippen LogP contribution in [0.4, 0.5) is 0 Å². The summed E-state index contributed by atoms with van der Waals surface area (Å²) in [6.45, 7) is 4.89. The molecule has 3 rings (SSSR count). The maximum absolute atomic E-state index is 12.1. The molecule has 1 atom stereocenters. The van der Waals surface area contributed by atoms with Crippen molar-refractivity contribution >= 4 is 5.91 Å². The molecule has 0 bridgehead atoms. The van der Waals surface area contributed by atoms with Crippen LogP contribution in [0.2, 0.25) is 0 Å². The van der Waals surface area contributed by atoms with Gasteiger partial charge in [0.1, 0.15) is 5.75 Å². The van der Waals surface area contributed by atoms with Crippen molar-refractivity contribution in [3.8, 4) is 5.75 Å². The smallest absolute Gasteiger partial charge is 0.246 e. The third kappa shape index (κ3) is 2.62. The molecule has 1 amide bonds. The number of methoxy groups -OCH3 is 1. The molecular weight excluding hydrogens is 274 g/mol. The molecule has 0 aliphatic carbocycles. The zero-order valence-electron chi connectivity index (χ0n) is 12.7. The van der Waals surface area contributed by atoms with E-state index < -0.39 is 0 Å². The Labute approximate surface area is 130 Å². The van der Waals surface area contributed by atoms with Crippen molar-refractivity contribution in [2.45, 2.75) is 12.5 Å². The molecule has 0 N–H and O–H groups in total. The first-order chi connectivity index (χ1) is 10.7. The van der Waals surface area contributed by atoms with E-state index in [0.717, 1.165) is 11.3 Å². The number of rotatable bonds is 3. The van der Waals surface area contributed by atoms with Crippen LogP contribution < -0.4 is 4.74 Å². The second-order valence-electron chi connectivity index (χ2n) is 5.45. The quantitative estimate of drug-likeness (QED) is 0.812. The SMILES string of the molecule is C=CC(=O)N1Cc2ccc(OC)cc2[C@@H](c2ccccc2)C1. The normalized spacial score (nSPS) is 16.8. The van der Waals surface area contributed by atoms with E-state index in [0.29, 0.717) is 13.1 Å². The zero-order valence-corrected chi connectivity index (χ0v) is 12.7. The van der Waals surface area contributed by atoms with Crippen LogP contribution >= 0.6 is 0 Å². The summed E-state index contributed by atoms with van der Waals surface area (Å²) in [5.74, 6) is 0.981. The lowest BCUT2D eigenvalue weighted by Crippen LogP contribution is -2.37. The molecule has 1 aliphatic rings. The van der Waals surface area contributed by atoms with E-state index in [-0.39, 0.29) is 11.8 Å². The summed E-state index contributed by atoms with van der Waals surface area (Å²) in [6.07, 6.45) is 1.39. The molecule has 3 nitrogen and oxygen atoms in total. The van der Waals surface area contributed by atoms with Crippen LogP contribution in [0, 0.1) is 0 Å². The van der Waals surface area contributed by atoms with E-state index in [9.17, 15) is 4.79 Å². The minimum atomic E-state index is -0.0256. The average molecular weight is 293 g/mol. The van der Waals surface area contributed by atoms with Crippen LogP contribution in [0.25, 0.3) is 0 Å². The predicted octanol–water partition coefficient (Wildman–Crippen LogP) is 3.36. The number of ether oxygens (including phenoxy) is 1. The van der Waals surface area contributed by atoms with E-state index in [1.807, 2.05) is 35.2 Å². The lowest BCUT2D eigenvalue weighted by atomic mass is 9.84. The molecule has 0 radical (unpaired) electrons. The standard InChI is InChI=1S/C19H19NO2/c1-3-19(21)20-12-15-9-10-16(22-2)11-17(15)18(13-20)14-7-5-4-6-8-14/h3-11,18H,1,12-13H2,2H3/t18-/m1/s1. The highest BCUT2D eigenvalue weighted by molar-refractivity contribution is 5.87. The number of nitrogens with zero attached hydrogens (tertiary/aromatic N) is 1. The molecule has 2 aromatic carbocycles. The van der Waals surface area contributed by atoms with E-state index in [2.05, 4.69) is 24.8 Å².